The Labute approximate surface area is 123 Å². The molecule has 0 radical (unpaired) electrons. The first-order valence-electron chi connectivity index (χ1n) is 6.86. The van der Waals surface area contributed by atoms with Crippen molar-refractivity contribution in [3.63, 3.8) is 0 Å². The number of anilines is 2. The Bertz CT molecular complexity index is 642. The van der Waals surface area contributed by atoms with E-state index in [2.05, 4.69) is 52.3 Å². The van der Waals surface area contributed by atoms with Crippen molar-refractivity contribution in [1.29, 1.82) is 0 Å². The van der Waals surface area contributed by atoms with E-state index in [4.69, 9.17) is 5.73 Å². The Morgan fingerprint density at radius 3 is 2.48 bits per heavy atom. The van der Waals surface area contributed by atoms with Gasteiger partial charge in [-0.1, -0.05) is 23.8 Å². The molecule has 0 spiro atoms. The van der Waals surface area contributed by atoms with Gasteiger partial charge in [0.2, 0.25) is 11.9 Å². The van der Waals surface area contributed by atoms with Crippen molar-refractivity contribution in [2.75, 3.05) is 11.1 Å². The van der Waals surface area contributed by atoms with Gasteiger partial charge in [-0.05, 0) is 38.8 Å². The van der Waals surface area contributed by atoms with E-state index in [1.165, 1.54) is 18.1 Å². The number of rotatable bonds is 4. The fourth-order valence-electron chi connectivity index (χ4n) is 2.23. The summed E-state index contributed by atoms with van der Waals surface area (Å²) in [5.41, 5.74) is 9.11. The van der Waals surface area contributed by atoms with Crippen molar-refractivity contribution in [2.24, 2.45) is 0 Å². The molecule has 2 aromatic rings. The summed E-state index contributed by atoms with van der Waals surface area (Å²) < 4.78 is 13.3. The smallest absolute Gasteiger partial charge is 0.228 e. The number of halogens is 1. The van der Waals surface area contributed by atoms with Crippen molar-refractivity contribution in [3.05, 3.63) is 40.7 Å². The van der Waals surface area contributed by atoms with Crippen molar-refractivity contribution in [3.8, 4) is 0 Å². The number of benzene rings is 1. The number of alkyl halides is 1. The number of nitrogens with one attached hydrogen (secondary N) is 1. The lowest BCUT2D eigenvalue weighted by atomic mass is 10.0. The minimum Gasteiger partial charge on any atom is -0.368 e. The van der Waals surface area contributed by atoms with Gasteiger partial charge in [-0.15, -0.1) is 0 Å². The lowest BCUT2D eigenvalue weighted by molar-refractivity contribution is 0.356. The van der Waals surface area contributed by atoms with E-state index in [0.717, 1.165) is 5.56 Å². The predicted molar refractivity (Wildman–Crippen MR) is 81.7 cm³/mol. The maximum atomic E-state index is 13.3. The molecular formula is C15H20FN5. The van der Waals surface area contributed by atoms with Gasteiger partial charge in [-0.3, -0.25) is 0 Å². The van der Waals surface area contributed by atoms with Crippen LogP contribution in [0.2, 0.25) is 0 Å². The molecule has 0 fully saturated rings. The molecule has 0 aliphatic heterocycles. The minimum atomic E-state index is -1.28. The SMILES string of the molecule is Cc1ccc(C(C)Nc2nc(N)nc(C(C)F)n2)c(C)c1. The van der Waals surface area contributed by atoms with Gasteiger partial charge in [-0.25, -0.2) is 4.39 Å². The summed E-state index contributed by atoms with van der Waals surface area (Å²) in [6.07, 6.45) is -1.28. The number of hydrogen-bond donors (Lipinski definition) is 2. The fraction of sp³-hybridized carbons (Fsp3) is 0.400. The molecule has 0 amide bonds. The average Bonchev–Trinajstić information content (AvgIpc) is 2.37. The number of aryl methyl sites for hydroxylation is 2. The molecule has 3 N–H and O–H groups in total. The second kappa shape index (κ2) is 6.03. The van der Waals surface area contributed by atoms with Crippen LogP contribution in [0.25, 0.3) is 0 Å². The van der Waals surface area contributed by atoms with E-state index in [9.17, 15) is 4.39 Å². The minimum absolute atomic E-state index is 0.0137. The summed E-state index contributed by atoms with van der Waals surface area (Å²) >= 11 is 0. The van der Waals surface area contributed by atoms with Gasteiger partial charge in [0, 0.05) is 0 Å². The number of nitrogens with zero attached hydrogens (tertiary/aromatic N) is 3. The van der Waals surface area contributed by atoms with Crippen molar-refractivity contribution in [1.82, 2.24) is 15.0 Å². The lowest BCUT2D eigenvalue weighted by Gasteiger charge is -2.17. The predicted octanol–water partition coefficient (Wildman–Crippen LogP) is 3.27. The highest BCUT2D eigenvalue weighted by molar-refractivity contribution is 5.39. The molecule has 0 saturated heterocycles. The molecule has 0 saturated carbocycles. The zero-order chi connectivity index (χ0) is 15.6. The largest absolute Gasteiger partial charge is 0.368 e. The summed E-state index contributed by atoms with van der Waals surface area (Å²) in [6.45, 7) is 7.47. The number of hydrogen-bond acceptors (Lipinski definition) is 5. The molecule has 0 aliphatic rings. The van der Waals surface area contributed by atoms with Crippen LogP contribution in [0.1, 0.15) is 48.6 Å². The summed E-state index contributed by atoms with van der Waals surface area (Å²) in [6, 6.07) is 6.21. The van der Waals surface area contributed by atoms with Crippen molar-refractivity contribution >= 4 is 11.9 Å². The Morgan fingerprint density at radius 1 is 1.14 bits per heavy atom. The highest BCUT2D eigenvalue weighted by Gasteiger charge is 2.14. The van der Waals surface area contributed by atoms with E-state index >= 15 is 0 Å². The average molecular weight is 289 g/mol. The molecule has 1 aromatic heterocycles. The molecule has 2 rings (SSSR count). The van der Waals surface area contributed by atoms with Crippen LogP contribution in [0.5, 0.6) is 0 Å². The third-order valence-electron chi connectivity index (χ3n) is 3.26. The zero-order valence-electron chi connectivity index (χ0n) is 12.7. The number of nitrogen functional groups attached to an aromatic ring is 1. The monoisotopic (exact) mass is 289 g/mol. The molecule has 1 aromatic carbocycles. The normalized spacial score (nSPS) is 13.8. The van der Waals surface area contributed by atoms with Crippen LogP contribution in [-0.4, -0.2) is 15.0 Å². The highest BCUT2D eigenvalue weighted by Crippen LogP contribution is 2.22. The third-order valence-corrected chi connectivity index (χ3v) is 3.26. The Morgan fingerprint density at radius 2 is 1.86 bits per heavy atom. The Kier molecular flexibility index (Phi) is 4.35. The van der Waals surface area contributed by atoms with Crippen LogP contribution >= 0.6 is 0 Å². The van der Waals surface area contributed by atoms with E-state index in [0.29, 0.717) is 0 Å². The van der Waals surface area contributed by atoms with E-state index in [1.54, 1.807) is 0 Å². The topological polar surface area (TPSA) is 76.7 Å². The number of aromatic nitrogens is 3. The zero-order valence-corrected chi connectivity index (χ0v) is 12.7. The molecule has 6 heteroatoms. The van der Waals surface area contributed by atoms with Crippen LogP contribution in [-0.2, 0) is 0 Å². The molecule has 2 unspecified atom stereocenters. The molecule has 5 nitrogen and oxygen atoms in total. The van der Waals surface area contributed by atoms with Gasteiger partial charge < -0.3 is 11.1 Å². The second-order valence-corrected chi connectivity index (χ2v) is 5.22. The first kappa shape index (κ1) is 15.2. The fourth-order valence-corrected chi connectivity index (χ4v) is 2.23. The highest BCUT2D eigenvalue weighted by atomic mass is 19.1. The Hall–Kier alpha value is -2.24. The van der Waals surface area contributed by atoms with Crippen molar-refractivity contribution in [2.45, 2.75) is 39.9 Å². The maximum Gasteiger partial charge on any atom is 0.228 e. The summed E-state index contributed by atoms with van der Waals surface area (Å²) in [7, 11) is 0. The van der Waals surface area contributed by atoms with Gasteiger partial charge in [0.15, 0.2) is 12.0 Å². The summed E-state index contributed by atoms with van der Waals surface area (Å²) in [5, 5.41) is 3.15. The molecule has 2 atom stereocenters. The van der Waals surface area contributed by atoms with Gasteiger partial charge in [0.05, 0.1) is 6.04 Å². The second-order valence-electron chi connectivity index (χ2n) is 5.22. The molecule has 0 aliphatic carbocycles. The first-order valence-corrected chi connectivity index (χ1v) is 6.86. The Balaban J connectivity index is 2.25. The van der Waals surface area contributed by atoms with E-state index in [1.807, 2.05) is 6.92 Å². The lowest BCUT2D eigenvalue weighted by Crippen LogP contribution is -2.14. The summed E-state index contributed by atoms with van der Waals surface area (Å²) in [4.78, 5) is 11.8. The van der Waals surface area contributed by atoms with Crippen LogP contribution in [0, 0.1) is 13.8 Å². The van der Waals surface area contributed by atoms with Crippen molar-refractivity contribution < 1.29 is 4.39 Å². The first-order chi connectivity index (χ1) is 9.86. The van der Waals surface area contributed by atoms with Gasteiger partial charge in [0.25, 0.3) is 0 Å². The van der Waals surface area contributed by atoms with Gasteiger partial charge in [0.1, 0.15) is 0 Å². The van der Waals surface area contributed by atoms with Crippen LogP contribution in [0.4, 0.5) is 16.3 Å². The quantitative estimate of drug-likeness (QED) is 0.903. The number of nitrogens with two attached hydrogens (primary N) is 1. The maximum absolute atomic E-state index is 13.3. The van der Waals surface area contributed by atoms with E-state index in [-0.39, 0.29) is 23.8 Å². The molecule has 21 heavy (non-hydrogen) atoms. The molecule has 112 valence electrons. The van der Waals surface area contributed by atoms with E-state index < -0.39 is 6.17 Å². The van der Waals surface area contributed by atoms with Crippen LogP contribution < -0.4 is 11.1 Å². The molecule has 1 heterocycles. The third kappa shape index (κ3) is 3.65. The van der Waals surface area contributed by atoms with Gasteiger partial charge >= 0.3 is 0 Å². The standard InChI is InChI=1S/C15H20FN5/c1-8-5-6-12(9(2)7-8)11(4)18-15-20-13(10(3)16)19-14(17)21-15/h5-7,10-11H,1-4H3,(H3,17,18,19,20,21). The van der Waals surface area contributed by atoms with Gasteiger partial charge in [-0.2, -0.15) is 15.0 Å². The van der Waals surface area contributed by atoms with Crippen LogP contribution in [0.3, 0.4) is 0 Å². The molecular weight excluding hydrogens is 269 g/mol. The summed E-state index contributed by atoms with van der Waals surface area (Å²) in [5.74, 6) is 0.340. The molecule has 0 bridgehead atoms. The van der Waals surface area contributed by atoms with Crippen LogP contribution in [0.15, 0.2) is 18.2 Å².